The van der Waals surface area contributed by atoms with Crippen LogP contribution in [0.25, 0.3) is 12.2 Å². The van der Waals surface area contributed by atoms with Gasteiger partial charge < -0.3 is 24.4 Å². The van der Waals surface area contributed by atoms with E-state index in [1.807, 2.05) is 41.3 Å². The first-order valence-electron chi connectivity index (χ1n) is 10.0. The zero-order valence-electron chi connectivity index (χ0n) is 17.3. The number of anilines is 1. The Bertz CT molecular complexity index is 890. The zero-order chi connectivity index (χ0) is 22.5. The zero-order valence-corrected chi connectivity index (χ0v) is 18.1. The van der Waals surface area contributed by atoms with Gasteiger partial charge in [-0.15, -0.1) is 0 Å². The minimum Gasteiger partial charge on any atom is -0.396 e. The molecule has 2 aromatic rings. The summed E-state index contributed by atoms with van der Waals surface area (Å²) in [7, 11) is -4.14. The molecule has 0 aliphatic carbocycles. The molecule has 0 spiro atoms. The fourth-order valence-electron chi connectivity index (χ4n) is 2.75. The van der Waals surface area contributed by atoms with Crippen molar-refractivity contribution in [2.45, 2.75) is 12.8 Å². The first kappa shape index (κ1) is 24.8. The normalized spacial score (nSPS) is 11.7. The number of aliphatic hydroxyl groups excluding tert-OH is 3. The standard InChI is InChI=1S/C22H29NO7S/c24-15-1-2-18-29-31(27,28)30-22-11-7-20(8-12-22)4-3-19-5-9-21(10-6-19)23(13-16-25)14-17-26/h3-12,24-26H,1-2,13-18H2. The number of benzene rings is 2. The van der Waals surface area contributed by atoms with Crippen molar-refractivity contribution < 1.29 is 32.1 Å². The minimum absolute atomic E-state index is 0.0124. The Morgan fingerprint density at radius 3 is 1.84 bits per heavy atom. The molecular weight excluding hydrogens is 422 g/mol. The fraction of sp³-hybridized carbons (Fsp3) is 0.364. The molecule has 3 N–H and O–H groups in total. The van der Waals surface area contributed by atoms with Crippen molar-refractivity contribution in [2.75, 3.05) is 44.4 Å². The van der Waals surface area contributed by atoms with Gasteiger partial charge in [0.15, 0.2) is 0 Å². The average molecular weight is 452 g/mol. The number of unbranched alkanes of at least 4 members (excludes halogenated alkanes) is 1. The highest BCUT2D eigenvalue weighted by molar-refractivity contribution is 7.82. The second-order valence-electron chi connectivity index (χ2n) is 6.67. The number of nitrogens with zero attached hydrogens (tertiary/aromatic N) is 1. The van der Waals surface area contributed by atoms with Gasteiger partial charge in [0.1, 0.15) is 5.75 Å². The Kier molecular flexibility index (Phi) is 10.5. The van der Waals surface area contributed by atoms with Gasteiger partial charge in [0.25, 0.3) is 0 Å². The van der Waals surface area contributed by atoms with Crippen molar-refractivity contribution in [3.05, 3.63) is 59.7 Å². The predicted molar refractivity (Wildman–Crippen MR) is 120 cm³/mol. The Morgan fingerprint density at radius 2 is 1.32 bits per heavy atom. The molecule has 2 rings (SSSR count). The van der Waals surface area contributed by atoms with E-state index in [1.54, 1.807) is 24.3 Å². The second kappa shape index (κ2) is 13.1. The van der Waals surface area contributed by atoms with E-state index in [0.29, 0.717) is 25.9 Å². The number of aliphatic hydroxyl groups is 3. The number of hydrogen-bond acceptors (Lipinski definition) is 8. The van der Waals surface area contributed by atoms with Gasteiger partial charge in [0.05, 0.1) is 19.8 Å². The average Bonchev–Trinajstić information content (AvgIpc) is 2.76. The molecule has 0 aliphatic rings. The Labute approximate surface area is 183 Å². The van der Waals surface area contributed by atoms with Gasteiger partial charge in [-0.3, -0.25) is 0 Å². The summed E-state index contributed by atoms with van der Waals surface area (Å²) in [5.74, 6) is 0.150. The maximum absolute atomic E-state index is 11.8. The first-order chi connectivity index (χ1) is 15.0. The summed E-state index contributed by atoms with van der Waals surface area (Å²) in [6.07, 6.45) is 4.69. The molecule has 0 saturated carbocycles. The van der Waals surface area contributed by atoms with E-state index < -0.39 is 10.4 Å². The molecule has 8 nitrogen and oxygen atoms in total. The highest BCUT2D eigenvalue weighted by atomic mass is 32.3. The number of rotatable bonds is 14. The van der Waals surface area contributed by atoms with E-state index in [9.17, 15) is 8.42 Å². The molecule has 0 radical (unpaired) electrons. The molecule has 0 atom stereocenters. The number of hydrogen-bond donors (Lipinski definition) is 3. The van der Waals surface area contributed by atoms with E-state index in [2.05, 4.69) is 0 Å². The van der Waals surface area contributed by atoms with Crippen LogP contribution in [-0.2, 0) is 14.6 Å². The highest BCUT2D eigenvalue weighted by Gasteiger charge is 2.13. The van der Waals surface area contributed by atoms with Crippen LogP contribution in [0.2, 0.25) is 0 Å². The van der Waals surface area contributed by atoms with Gasteiger partial charge in [0, 0.05) is 25.4 Å². The summed E-state index contributed by atoms with van der Waals surface area (Å²) >= 11 is 0. The molecule has 0 heterocycles. The lowest BCUT2D eigenvalue weighted by Crippen LogP contribution is -2.29. The van der Waals surface area contributed by atoms with Crippen molar-refractivity contribution in [1.82, 2.24) is 0 Å². The summed E-state index contributed by atoms with van der Waals surface area (Å²) in [5, 5.41) is 27.0. The van der Waals surface area contributed by atoms with E-state index in [0.717, 1.165) is 16.8 Å². The van der Waals surface area contributed by atoms with Crippen LogP contribution < -0.4 is 9.08 Å². The third-order valence-electron chi connectivity index (χ3n) is 4.32. The lowest BCUT2D eigenvalue weighted by atomic mass is 10.1. The molecule has 2 aromatic carbocycles. The largest absolute Gasteiger partial charge is 0.449 e. The molecule has 0 amide bonds. The predicted octanol–water partition coefficient (Wildman–Crippen LogP) is 2.06. The topological polar surface area (TPSA) is 117 Å². The lowest BCUT2D eigenvalue weighted by Gasteiger charge is -2.22. The van der Waals surface area contributed by atoms with E-state index in [4.69, 9.17) is 23.7 Å². The van der Waals surface area contributed by atoms with Crippen LogP contribution in [0.15, 0.2) is 48.5 Å². The minimum atomic E-state index is -4.14. The van der Waals surface area contributed by atoms with Gasteiger partial charge in [-0.1, -0.05) is 36.4 Å². The third-order valence-corrected chi connectivity index (χ3v) is 5.18. The van der Waals surface area contributed by atoms with Gasteiger partial charge in [-0.2, -0.15) is 8.42 Å². The van der Waals surface area contributed by atoms with E-state index in [-0.39, 0.29) is 32.2 Å². The molecular formula is C22H29NO7S. The molecule has 0 bridgehead atoms. The van der Waals surface area contributed by atoms with Crippen LogP contribution in [-0.4, -0.2) is 63.3 Å². The Morgan fingerprint density at radius 1 is 0.774 bits per heavy atom. The Hall–Kier alpha value is -2.43. The van der Waals surface area contributed by atoms with Crippen LogP contribution in [0.3, 0.4) is 0 Å². The van der Waals surface area contributed by atoms with Gasteiger partial charge in [-0.25, -0.2) is 4.18 Å². The molecule has 0 saturated heterocycles. The lowest BCUT2D eigenvalue weighted by molar-refractivity contribution is 0.239. The van der Waals surface area contributed by atoms with Crippen LogP contribution >= 0.6 is 0 Å². The van der Waals surface area contributed by atoms with Gasteiger partial charge >= 0.3 is 10.4 Å². The van der Waals surface area contributed by atoms with E-state index >= 15 is 0 Å². The fourth-order valence-corrected chi connectivity index (χ4v) is 3.47. The molecule has 170 valence electrons. The summed E-state index contributed by atoms with van der Waals surface area (Å²) in [5.41, 5.74) is 2.75. The van der Waals surface area contributed by atoms with Gasteiger partial charge in [0.2, 0.25) is 0 Å². The van der Waals surface area contributed by atoms with Crippen LogP contribution in [0, 0.1) is 0 Å². The molecule has 0 aliphatic heterocycles. The van der Waals surface area contributed by atoms with Crippen molar-refractivity contribution in [3.63, 3.8) is 0 Å². The smallest absolute Gasteiger partial charge is 0.396 e. The summed E-state index contributed by atoms with van der Waals surface area (Å²) in [6, 6.07) is 14.3. The third kappa shape index (κ3) is 9.07. The van der Waals surface area contributed by atoms with Crippen molar-refractivity contribution in [3.8, 4) is 5.75 Å². The maximum atomic E-state index is 11.8. The van der Waals surface area contributed by atoms with E-state index in [1.165, 1.54) is 0 Å². The van der Waals surface area contributed by atoms with Crippen molar-refractivity contribution in [1.29, 1.82) is 0 Å². The molecule has 9 heteroatoms. The second-order valence-corrected chi connectivity index (χ2v) is 7.89. The molecule has 0 aromatic heterocycles. The van der Waals surface area contributed by atoms with Crippen LogP contribution in [0.1, 0.15) is 24.0 Å². The monoisotopic (exact) mass is 451 g/mol. The highest BCUT2D eigenvalue weighted by Crippen LogP contribution is 2.19. The first-order valence-corrected chi connectivity index (χ1v) is 11.4. The maximum Gasteiger partial charge on any atom is 0.449 e. The van der Waals surface area contributed by atoms with Crippen molar-refractivity contribution >= 4 is 28.2 Å². The summed E-state index contributed by atoms with van der Waals surface area (Å²) < 4.78 is 33.1. The van der Waals surface area contributed by atoms with Crippen molar-refractivity contribution in [2.24, 2.45) is 0 Å². The summed E-state index contributed by atoms with van der Waals surface area (Å²) in [6.45, 7) is 0.869. The van der Waals surface area contributed by atoms with Crippen LogP contribution in [0.5, 0.6) is 5.75 Å². The quantitative estimate of drug-likeness (QED) is 0.295. The molecule has 0 unspecified atom stereocenters. The summed E-state index contributed by atoms with van der Waals surface area (Å²) in [4.78, 5) is 1.90. The van der Waals surface area contributed by atoms with Gasteiger partial charge in [-0.05, 0) is 48.2 Å². The molecule has 0 fully saturated rings. The van der Waals surface area contributed by atoms with Crippen LogP contribution in [0.4, 0.5) is 5.69 Å². The molecule has 31 heavy (non-hydrogen) atoms. The Balaban J connectivity index is 1.93. The SMILES string of the molecule is O=S(=O)(OCCCCO)Oc1ccc(C=Cc2ccc(N(CCO)CCO)cc2)cc1.